The number of benzene rings is 1. The van der Waals surface area contributed by atoms with Crippen LogP contribution in [0.25, 0.3) is 0 Å². The van der Waals surface area contributed by atoms with Gasteiger partial charge in [0.05, 0.1) is 6.61 Å². The van der Waals surface area contributed by atoms with Gasteiger partial charge in [-0.05, 0) is 44.2 Å². The Labute approximate surface area is 125 Å². The Morgan fingerprint density at radius 3 is 2.71 bits per heavy atom. The number of nitrogens with zero attached hydrogens (tertiary/aromatic N) is 1. The smallest absolute Gasteiger partial charge is 0.321 e. The average molecular weight is 292 g/mol. The Morgan fingerprint density at radius 2 is 2.14 bits per heavy atom. The van der Waals surface area contributed by atoms with Crippen molar-refractivity contribution in [3.63, 3.8) is 0 Å². The van der Waals surface area contributed by atoms with Crippen molar-refractivity contribution in [3.05, 3.63) is 24.3 Å². The SMILES string of the molecule is CCNC(C(=O)O)C1CCN(c2ccc(OCC)cc2)C1. The maximum Gasteiger partial charge on any atom is 0.321 e. The number of hydrogen-bond acceptors (Lipinski definition) is 4. The maximum atomic E-state index is 11.3. The van der Waals surface area contributed by atoms with Crippen molar-refractivity contribution in [2.24, 2.45) is 5.92 Å². The molecule has 0 amide bonds. The van der Waals surface area contributed by atoms with E-state index >= 15 is 0 Å². The molecule has 0 saturated carbocycles. The molecule has 0 bridgehead atoms. The molecule has 21 heavy (non-hydrogen) atoms. The van der Waals surface area contributed by atoms with E-state index in [4.69, 9.17) is 4.74 Å². The Balaban J connectivity index is 1.99. The summed E-state index contributed by atoms with van der Waals surface area (Å²) in [6.07, 6.45) is 0.900. The molecule has 116 valence electrons. The first-order valence-electron chi connectivity index (χ1n) is 7.59. The molecular formula is C16H24N2O3. The van der Waals surface area contributed by atoms with E-state index in [1.165, 1.54) is 0 Å². The number of rotatable bonds is 7. The van der Waals surface area contributed by atoms with Gasteiger partial charge < -0.3 is 20.1 Å². The molecule has 0 spiro atoms. The van der Waals surface area contributed by atoms with Crippen LogP contribution in [0.5, 0.6) is 5.75 Å². The summed E-state index contributed by atoms with van der Waals surface area (Å²) in [6.45, 7) is 6.91. The van der Waals surface area contributed by atoms with Crippen LogP contribution in [0.2, 0.25) is 0 Å². The van der Waals surface area contributed by atoms with E-state index < -0.39 is 12.0 Å². The molecule has 0 aliphatic carbocycles. The van der Waals surface area contributed by atoms with Gasteiger partial charge in [-0.2, -0.15) is 0 Å². The Bertz CT molecular complexity index is 461. The summed E-state index contributed by atoms with van der Waals surface area (Å²) in [4.78, 5) is 13.6. The molecule has 1 heterocycles. The van der Waals surface area contributed by atoms with Gasteiger partial charge in [0, 0.05) is 24.7 Å². The van der Waals surface area contributed by atoms with Crippen LogP contribution < -0.4 is 15.0 Å². The van der Waals surface area contributed by atoms with Crippen molar-refractivity contribution in [2.45, 2.75) is 26.3 Å². The summed E-state index contributed by atoms with van der Waals surface area (Å²) in [6, 6.07) is 7.55. The average Bonchev–Trinajstić information content (AvgIpc) is 2.95. The van der Waals surface area contributed by atoms with Crippen LogP contribution >= 0.6 is 0 Å². The second-order valence-electron chi connectivity index (χ2n) is 5.30. The fourth-order valence-electron chi connectivity index (χ4n) is 2.89. The molecule has 1 aliphatic rings. The van der Waals surface area contributed by atoms with Crippen LogP contribution in [-0.2, 0) is 4.79 Å². The van der Waals surface area contributed by atoms with Crippen LogP contribution in [0.15, 0.2) is 24.3 Å². The van der Waals surface area contributed by atoms with E-state index in [9.17, 15) is 9.90 Å². The fraction of sp³-hybridized carbons (Fsp3) is 0.562. The van der Waals surface area contributed by atoms with Crippen molar-refractivity contribution in [1.29, 1.82) is 0 Å². The van der Waals surface area contributed by atoms with Gasteiger partial charge >= 0.3 is 5.97 Å². The van der Waals surface area contributed by atoms with Gasteiger partial charge in [0.2, 0.25) is 0 Å². The standard InChI is InChI=1S/C16H24N2O3/c1-3-17-15(16(19)20)12-9-10-18(11-12)13-5-7-14(8-6-13)21-4-2/h5-8,12,15,17H,3-4,9-11H2,1-2H3,(H,19,20). The monoisotopic (exact) mass is 292 g/mol. The minimum atomic E-state index is -0.754. The largest absolute Gasteiger partial charge is 0.494 e. The molecule has 0 radical (unpaired) electrons. The summed E-state index contributed by atoms with van der Waals surface area (Å²) < 4.78 is 5.44. The Kier molecular flexibility index (Phi) is 5.44. The second-order valence-corrected chi connectivity index (χ2v) is 5.30. The molecule has 1 aromatic carbocycles. The molecule has 1 fully saturated rings. The lowest BCUT2D eigenvalue weighted by Crippen LogP contribution is -2.43. The van der Waals surface area contributed by atoms with Crippen molar-refractivity contribution in [1.82, 2.24) is 5.32 Å². The van der Waals surface area contributed by atoms with E-state index in [1.54, 1.807) is 0 Å². The van der Waals surface area contributed by atoms with E-state index in [-0.39, 0.29) is 5.92 Å². The lowest BCUT2D eigenvalue weighted by molar-refractivity contribution is -0.140. The summed E-state index contributed by atoms with van der Waals surface area (Å²) in [5.41, 5.74) is 1.13. The third-order valence-electron chi connectivity index (χ3n) is 3.90. The van der Waals surface area contributed by atoms with Gasteiger partial charge in [-0.3, -0.25) is 4.79 Å². The zero-order valence-electron chi connectivity index (χ0n) is 12.7. The van der Waals surface area contributed by atoms with E-state index in [0.29, 0.717) is 13.2 Å². The third-order valence-corrected chi connectivity index (χ3v) is 3.90. The quantitative estimate of drug-likeness (QED) is 0.804. The molecule has 5 nitrogen and oxygen atoms in total. The third kappa shape index (κ3) is 3.88. The predicted molar refractivity (Wildman–Crippen MR) is 83.0 cm³/mol. The normalized spacial score (nSPS) is 19.5. The van der Waals surface area contributed by atoms with Crippen LogP contribution in [0.1, 0.15) is 20.3 Å². The molecule has 2 atom stereocenters. The molecule has 2 unspecified atom stereocenters. The van der Waals surface area contributed by atoms with Crippen LogP contribution in [0, 0.1) is 5.92 Å². The van der Waals surface area contributed by atoms with Gasteiger partial charge in [0.25, 0.3) is 0 Å². The zero-order valence-corrected chi connectivity index (χ0v) is 12.7. The second kappa shape index (κ2) is 7.31. The highest BCUT2D eigenvalue weighted by molar-refractivity contribution is 5.74. The molecular weight excluding hydrogens is 268 g/mol. The summed E-state index contributed by atoms with van der Waals surface area (Å²) in [7, 11) is 0. The van der Waals surface area contributed by atoms with Gasteiger partial charge in [-0.15, -0.1) is 0 Å². The minimum Gasteiger partial charge on any atom is -0.494 e. The summed E-state index contributed by atoms with van der Waals surface area (Å²) in [5, 5.41) is 12.4. The Morgan fingerprint density at radius 1 is 1.43 bits per heavy atom. The number of likely N-dealkylation sites (N-methyl/N-ethyl adjacent to an activating group) is 1. The van der Waals surface area contributed by atoms with Gasteiger partial charge in [-0.1, -0.05) is 6.92 Å². The highest BCUT2D eigenvalue weighted by Crippen LogP contribution is 2.27. The van der Waals surface area contributed by atoms with Gasteiger partial charge in [-0.25, -0.2) is 0 Å². The molecule has 1 aliphatic heterocycles. The highest BCUT2D eigenvalue weighted by Gasteiger charge is 2.33. The molecule has 1 aromatic rings. The lowest BCUT2D eigenvalue weighted by Gasteiger charge is -2.22. The topological polar surface area (TPSA) is 61.8 Å². The molecule has 1 saturated heterocycles. The summed E-state index contributed by atoms with van der Waals surface area (Å²) >= 11 is 0. The first kappa shape index (κ1) is 15.6. The number of hydrogen-bond donors (Lipinski definition) is 2. The van der Waals surface area contributed by atoms with E-state index in [0.717, 1.165) is 30.9 Å². The number of ether oxygens (including phenoxy) is 1. The fourth-order valence-corrected chi connectivity index (χ4v) is 2.89. The van der Waals surface area contributed by atoms with Crippen molar-refractivity contribution in [3.8, 4) is 5.75 Å². The number of carbonyl (C=O) groups is 1. The van der Waals surface area contributed by atoms with Crippen LogP contribution in [-0.4, -0.2) is 43.4 Å². The van der Waals surface area contributed by atoms with E-state index in [1.807, 2.05) is 38.1 Å². The molecule has 5 heteroatoms. The lowest BCUT2D eigenvalue weighted by atomic mass is 9.99. The highest BCUT2D eigenvalue weighted by atomic mass is 16.5. The molecule has 2 N–H and O–H groups in total. The van der Waals surface area contributed by atoms with Gasteiger partial charge in [0.1, 0.15) is 11.8 Å². The van der Waals surface area contributed by atoms with Crippen molar-refractivity contribution < 1.29 is 14.6 Å². The molecule has 0 aromatic heterocycles. The number of nitrogens with one attached hydrogen (secondary N) is 1. The number of carboxylic acid groups (broad SMARTS) is 1. The first-order chi connectivity index (χ1) is 10.2. The zero-order chi connectivity index (χ0) is 15.2. The predicted octanol–water partition coefficient (Wildman–Crippen LogP) is 1.97. The summed E-state index contributed by atoms with van der Waals surface area (Å²) in [5.74, 6) is 0.262. The van der Waals surface area contributed by atoms with E-state index in [2.05, 4.69) is 10.2 Å². The van der Waals surface area contributed by atoms with Gasteiger partial charge in [0.15, 0.2) is 0 Å². The number of aliphatic carboxylic acids is 1. The Hall–Kier alpha value is -1.75. The van der Waals surface area contributed by atoms with Crippen molar-refractivity contribution in [2.75, 3.05) is 31.1 Å². The van der Waals surface area contributed by atoms with Crippen molar-refractivity contribution >= 4 is 11.7 Å². The maximum absolute atomic E-state index is 11.3. The first-order valence-corrected chi connectivity index (χ1v) is 7.59. The minimum absolute atomic E-state index is 0.147. The molecule has 2 rings (SSSR count). The number of carboxylic acids is 1. The van der Waals surface area contributed by atoms with Crippen LogP contribution in [0.4, 0.5) is 5.69 Å². The number of anilines is 1. The van der Waals surface area contributed by atoms with Crippen LogP contribution in [0.3, 0.4) is 0 Å².